The summed E-state index contributed by atoms with van der Waals surface area (Å²) < 4.78 is 0. The van der Waals surface area contributed by atoms with E-state index in [2.05, 4.69) is 10.3 Å². The first-order valence-electron chi connectivity index (χ1n) is 7.51. The van der Waals surface area contributed by atoms with Gasteiger partial charge in [0.05, 0.1) is 10.3 Å². The fraction of sp³-hybridized carbons (Fsp3) is 0.438. The van der Waals surface area contributed by atoms with Crippen LogP contribution in [0, 0.1) is 22.0 Å². The van der Waals surface area contributed by atoms with Crippen LogP contribution in [0.3, 0.4) is 0 Å². The van der Waals surface area contributed by atoms with Gasteiger partial charge in [0.25, 0.3) is 5.69 Å². The van der Waals surface area contributed by atoms with E-state index >= 15 is 0 Å². The molecule has 0 unspecified atom stereocenters. The van der Waals surface area contributed by atoms with Gasteiger partial charge in [-0.25, -0.2) is 0 Å². The molecular weight excluding hydrogens is 266 g/mol. The molecule has 2 aliphatic rings. The maximum Gasteiger partial charge on any atom is 0.277 e. The Morgan fingerprint density at radius 3 is 2.48 bits per heavy atom. The third-order valence-electron chi connectivity index (χ3n) is 4.57. The van der Waals surface area contributed by atoms with Crippen LogP contribution in [0.15, 0.2) is 30.6 Å². The van der Waals surface area contributed by atoms with Crippen molar-refractivity contribution in [3.05, 3.63) is 40.7 Å². The summed E-state index contributed by atoms with van der Waals surface area (Å²) in [4.78, 5) is 15.0. The fourth-order valence-corrected chi connectivity index (χ4v) is 3.17. The number of hydrogen-bond acceptors (Lipinski definition) is 4. The molecule has 4 rings (SSSR count). The van der Waals surface area contributed by atoms with Crippen LogP contribution in [0.4, 0.5) is 11.4 Å². The lowest BCUT2D eigenvalue weighted by Crippen LogP contribution is -2.24. The lowest BCUT2D eigenvalue weighted by Gasteiger charge is -2.20. The van der Waals surface area contributed by atoms with E-state index in [0.717, 1.165) is 22.9 Å². The number of anilines is 1. The number of pyridine rings is 1. The van der Waals surface area contributed by atoms with E-state index in [4.69, 9.17) is 0 Å². The number of hydrogen-bond donors (Lipinski definition) is 1. The normalized spacial score (nSPS) is 18.1. The van der Waals surface area contributed by atoms with E-state index in [9.17, 15) is 10.1 Å². The second-order valence-electron chi connectivity index (χ2n) is 6.16. The van der Waals surface area contributed by atoms with Gasteiger partial charge in [0.2, 0.25) is 0 Å². The van der Waals surface area contributed by atoms with E-state index in [-0.39, 0.29) is 10.6 Å². The molecule has 0 radical (unpaired) electrons. The van der Waals surface area contributed by atoms with Crippen molar-refractivity contribution in [2.24, 2.45) is 11.8 Å². The van der Waals surface area contributed by atoms with Gasteiger partial charge in [-0.1, -0.05) is 0 Å². The SMILES string of the molecule is O=[N+]([O-])c1ccc(NC(C2CC2)C2CC2)c2cnccc12. The number of benzene rings is 1. The molecular formula is C16H17N3O2. The molecule has 1 N–H and O–H groups in total. The zero-order chi connectivity index (χ0) is 14.4. The second kappa shape index (κ2) is 4.69. The number of fused-ring (bicyclic) bond motifs is 1. The van der Waals surface area contributed by atoms with Crippen molar-refractivity contribution in [3.63, 3.8) is 0 Å². The topological polar surface area (TPSA) is 68.1 Å². The van der Waals surface area contributed by atoms with Gasteiger partial charge in [-0.15, -0.1) is 0 Å². The van der Waals surface area contributed by atoms with Crippen LogP contribution in [-0.4, -0.2) is 15.9 Å². The zero-order valence-corrected chi connectivity index (χ0v) is 11.7. The van der Waals surface area contributed by atoms with Gasteiger partial charge in [0, 0.05) is 35.6 Å². The van der Waals surface area contributed by atoms with Crippen molar-refractivity contribution >= 4 is 22.1 Å². The Kier molecular flexibility index (Phi) is 2.80. The summed E-state index contributed by atoms with van der Waals surface area (Å²) >= 11 is 0. The predicted octanol–water partition coefficient (Wildman–Crippen LogP) is 3.74. The maximum absolute atomic E-state index is 11.1. The van der Waals surface area contributed by atoms with E-state index < -0.39 is 0 Å². The van der Waals surface area contributed by atoms with Crippen LogP contribution >= 0.6 is 0 Å². The highest BCUT2D eigenvalue weighted by Gasteiger charge is 2.41. The maximum atomic E-state index is 11.1. The minimum atomic E-state index is -0.328. The van der Waals surface area contributed by atoms with E-state index in [0.29, 0.717) is 11.4 Å². The van der Waals surface area contributed by atoms with Gasteiger partial charge in [-0.2, -0.15) is 0 Å². The highest BCUT2D eigenvalue weighted by molar-refractivity contribution is 5.99. The van der Waals surface area contributed by atoms with E-state index in [1.165, 1.54) is 25.7 Å². The largest absolute Gasteiger partial charge is 0.381 e. The van der Waals surface area contributed by atoms with Crippen LogP contribution < -0.4 is 5.32 Å². The van der Waals surface area contributed by atoms with Crippen molar-refractivity contribution in [2.45, 2.75) is 31.7 Å². The minimum Gasteiger partial charge on any atom is -0.381 e. The van der Waals surface area contributed by atoms with Crippen molar-refractivity contribution in [2.75, 3.05) is 5.32 Å². The Hall–Kier alpha value is -2.17. The quantitative estimate of drug-likeness (QED) is 0.670. The third kappa shape index (κ3) is 2.33. The molecule has 1 aromatic carbocycles. The van der Waals surface area contributed by atoms with Gasteiger partial charge in [-0.05, 0) is 49.7 Å². The number of nitro benzene ring substituents is 1. The minimum absolute atomic E-state index is 0.146. The highest BCUT2D eigenvalue weighted by Crippen LogP contribution is 2.46. The molecule has 2 aliphatic carbocycles. The standard InChI is InChI=1S/C16H17N3O2/c20-19(21)15-6-5-14(13-9-17-8-7-12(13)15)18-16(10-1-2-10)11-3-4-11/h5-11,16,18H,1-4H2. The summed E-state index contributed by atoms with van der Waals surface area (Å²) in [6.07, 6.45) is 8.54. The zero-order valence-electron chi connectivity index (χ0n) is 11.7. The Morgan fingerprint density at radius 2 is 1.86 bits per heavy atom. The molecule has 0 spiro atoms. The lowest BCUT2D eigenvalue weighted by molar-refractivity contribution is -0.383. The first kappa shape index (κ1) is 12.6. The average molecular weight is 283 g/mol. The van der Waals surface area contributed by atoms with Crippen LogP contribution in [-0.2, 0) is 0 Å². The first-order valence-corrected chi connectivity index (χ1v) is 7.51. The molecule has 5 heteroatoms. The molecule has 0 atom stereocenters. The molecule has 21 heavy (non-hydrogen) atoms. The van der Waals surface area contributed by atoms with Crippen molar-refractivity contribution in [3.8, 4) is 0 Å². The van der Waals surface area contributed by atoms with Crippen LogP contribution in [0.5, 0.6) is 0 Å². The summed E-state index contributed by atoms with van der Waals surface area (Å²) in [5, 5.41) is 16.3. The number of nitrogens with one attached hydrogen (secondary N) is 1. The van der Waals surface area contributed by atoms with Crippen molar-refractivity contribution in [1.82, 2.24) is 4.98 Å². The molecule has 2 aromatic rings. The molecule has 108 valence electrons. The number of nitrogens with zero attached hydrogens (tertiary/aromatic N) is 2. The van der Waals surface area contributed by atoms with Gasteiger partial charge in [-0.3, -0.25) is 15.1 Å². The highest BCUT2D eigenvalue weighted by atomic mass is 16.6. The first-order chi connectivity index (χ1) is 10.2. The van der Waals surface area contributed by atoms with Gasteiger partial charge < -0.3 is 5.32 Å². The fourth-order valence-electron chi connectivity index (χ4n) is 3.17. The number of rotatable bonds is 5. The summed E-state index contributed by atoms with van der Waals surface area (Å²) in [5.74, 6) is 1.55. The molecule has 0 saturated heterocycles. The molecule has 2 saturated carbocycles. The third-order valence-corrected chi connectivity index (χ3v) is 4.57. The van der Waals surface area contributed by atoms with Gasteiger partial charge in [0.1, 0.15) is 0 Å². The second-order valence-corrected chi connectivity index (χ2v) is 6.16. The van der Waals surface area contributed by atoms with Gasteiger partial charge in [0.15, 0.2) is 0 Å². The summed E-state index contributed by atoms with van der Waals surface area (Å²) in [6, 6.07) is 5.68. The smallest absolute Gasteiger partial charge is 0.277 e. The monoisotopic (exact) mass is 283 g/mol. The molecule has 0 bridgehead atoms. The molecule has 1 heterocycles. The lowest BCUT2D eigenvalue weighted by atomic mass is 10.0. The molecule has 0 amide bonds. The number of aromatic nitrogens is 1. The van der Waals surface area contributed by atoms with Crippen molar-refractivity contribution in [1.29, 1.82) is 0 Å². The molecule has 5 nitrogen and oxygen atoms in total. The molecule has 0 aliphatic heterocycles. The Bertz CT molecular complexity index is 696. The number of non-ortho nitro benzene ring substituents is 1. The van der Waals surface area contributed by atoms with Crippen LogP contribution in [0.25, 0.3) is 10.8 Å². The molecule has 1 aromatic heterocycles. The Balaban J connectivity index is 1.74. The molecule has 2 fully saturated rings. The van der Waals surface area contributed by atoms with Crippen LogP contribution in [0.2, 0.25) is 0 Å². The van der Waals surface area contributed by atoms with Crippen LogP contribution in [0.1, 0.15) is 25.7 Å². The average Bonchev–Trinajstić information content (AvgIpc) is 3.38. The summed E-state index contributed by atoms with van der Waals surface area (Å²) in [5.41, 5.74) is 1.12. The Labute approximate surface area is 122 Å². The summed E-state index contributed by atoms with van der Waals surface area (Å²) in [7, 11) is 0. The Morgan fingerprint density at radius 1 is 1.14 bits per heavy atom. The predicted molar refractivity (Wildman–Crippen MR) is 81.3 cm³/mol. The van der Waals surface area contributed by atoms with E-state index in [1.54, 1.807) is 24.5 Å². The van der Waals surface area contributed by atoms with E-state index in [1.807, 2.05) is 6.07 Å². The summed E-state index contributed by atoms with van der Waals surface area (Å²) in [6.45, 7) is 0. The van der Waals surface area contributed by atoms with Gasteiger partial charge >= 0.3 is 0 Å². The van der Waals surface area contributed by atoms with Crippen molar-refractivity contribution < 1.29 is 4.92 Å². The number of nitro groups is 1.